The number of ether oxygens (including phenoxy) is 1. The van der Waals surface area contributed by atoms with Crippen molar-refractivity contribution in [2.24, 2.45) is 0 Å². The fraction of sp³-hybridized carbons (Fsp3) is 0.500. The van der Waals surface area contributed by atoms with Crippen LogP contribution in [-0.2, 0) is 4.74 Å². The molecule has 1 aromatic heterocycles. The molecule has 0 spiro atoms. The summed E-state index contributed by atoms with van der Waals surface area (Å²) >= 11 is 0. The number of rotatable bonds is 1. The second kappa shape index (κ2) is 3.06. The van der Waals surface area contributed by atoms with Crippen molar-refractivity contribution in [3.63, 3.8) is 0 Å². The number of nitrogen functional groups attached to an aromatic ring is 1. The second-order valence-electron chi connectivity index (χ2n) is 2.89. The van der Waals surface area contributed by atoms with E-state index in [9.17, 15) is 0 Å². The van der Waals surface area contributed by atoms with Crippen LogP contribution in [0.3, 0.4) is 0 Å². The molecule has 2 rings (SSSR count). The summed E-state index contributed by atoms with van der Waals surface area (Å²) in [6, 6.07) is 0. The van der Waals surface area contributed by atoms with Gasteiger partial charge in [0.15, 0.2) is 0 Å². The van der Waals surface area contributed by atoms with Gasteiger partial charge in [-0.25, -0.2) is 4.98 Å². The van der Waals surface area contributed by atoms with Crippen molar-refractivity contribution in [2.75, 3.05) is 18.9 Å². The highest BCUT2D eigenvalue weighted by molar-refractivity contribution is 5.36. The molecule has 0 amide bonds. The van der Waals surface area contributed by atoms with Gasteiger partial charge >= 0.3 is 0 Å². The quantitative estimate of drug-likeness (QED) is 0.660. The predicted molar refractivity (Wildman–Crippen MR) is 44.6 cm³/mol. The van der Waals surface area contributed by atoms with Crippen molar-refractivity contribution < 1.29 is 4.74 Å². The third-order valence-corrected chi connectivity index (χ3v) is 2.07. The van der Waals surface area contributed by atoms with Gasteiger partial charge in [0.1, 0.15) is 5.82 Å². The Balaban J connectivity index is 2.26. The molecule has 0 aromatic carbocycles. The molecule has 0 aliphatic carbocycles. The van der Waals surface area contributed by atoms with Gasteiger partial charge in [0.05, 0.1) is 12.3 Å². The summed E-state index contributed by atoms with van der Waals surface area (Å²) in [6.07, 6.45) is 4.28. The number of nitrogens with two attached hydrogens (primary N) is 1. The van der Waals surface area contributed by atoms with Gasteiger partial charge in [0.25, 0.3) is 0 Å². The van der Waals surface area contributed by atoms with Crippen LogP contribution in [0, 0.1) is 0 Å². The van der Waals surface area contributed by atoms with E-state index in [1.807, 2.05) is 0 Å². The van der Waals surface area contributed by atoms with Gasteiger partial charge in [-0.15, -0.1) is 0 Å². The van der Waals surface area contributed by atoms with Crippen LogP contribution in [0.4, 0.5) is 5.82 Å². The molecule has 1 fully saturated rings. The molecule has 4 nitrogen and oxygen atoms in total. The highest BCUT2D eigenvalue weighted by Gasteiger charge is 2.21. The first-order valence-corrected chi connectivity index (χ1v) is 4.02. The maximum absolute atomic E-state index is 5.67. The first-order chi connectivity index (χ1) is 5.88. The molecule has 1 saturated heterocycles. The van der Waals surface area contributed by atoms with E-state index >= 15 is 0 Å². The Hall–Kier alpha value is -1.16. The SMILES string of the molecule is Nc1nccnc1C1CCOC1. The second-order valence-corrected chi connectivity index (χ2v) is 2.89. The summed E-state index contributed by atoms with van der Waals surface area (Å²) in [5, 5.41) is 0. The fourth-order valence-electron chi connectivity index (χ4n) is 1.42. The summed E-state index contributed by atoms with van der Waals surface area (Å²) in [7, 11) is 0. The van der Waals surface area contributed by atoms with E-state index in [2.05, 4.69) is 9.97 Å². The zero-order valence-corrected chi connectivity index (χ0v) is 6.73. The maximum Gasteiger partial charge on any atom is 0.145 e. The lowest BCUT2D eigenvalue weighted by Gasteiger charge is -2.07. The van der Waals surface area contributed by atoms with Crippen LogP contribution >= 0.6 is 0 Å². The number of nitrogens with zero attached hydrogens (tertiary/aromatic N) is 2. The summed E-state index contributed by atoms with van der Waals surface area (Å²) in [6.45, 7) is 1.53. The summed E-state index contributed by atoms with van der Waals surface area (Å²) in [5.74, 6) is 0.881. The van der Waals surface area contributed by atoms with Crippen LogP contribution in [0.5, 0.6) is 0 Å². The highest BCUT2D eigenvalue weighted by Crippen LogP contribution is 2.25. The molecular formula is C8H11N3O. The van der Waals surface area contributed by atoms with Gasteiger partial charge in [0.2, 0.25) is 0 Å². The number of hydrogen-bond acceptors (Lipinski definition) is 4. The van der Waals surface area contributed by atoms with Crippen molar-refractivity contribution in [3.8, 4) is 0 Å². The van der Waals surface area contributed by atoms with E-state index in [4.69, 9.17) is 10.5 Å². The standard InChI is InChI=1S/C8H11N3O/c9-8-7(10-2-3-11-8)6-1-4-12-5-6/h2-3,6H,1,4-5H2,(H2,9,11). The zero-order chi connectivity index (χ0) is 8.39. The van der Waals surface area contributed by atoms with Crippen molar-refractivity contribution in [1.29, 1.82) is 0 Å². The molecule has 1 aliphatic rings. The van der Waals surface area contributed by atoms with Crippen LogP contribution in [-0.4, -0.2) is 23.2 Å². The molecule has 1 aromatic rings. The molecule has 4 heteroatoms. The Kier molecular flexibility index (Phi) is 1.91. The molecule has 1 aliphatic heterocycles. The minimum atomic E-state index is 0.346. The van der Waals surface area contributed by atoms with Gasteiger partial charge < -0.3 is 10.5 Å². The number of anilines is 1. The maximum atomic E-state index is 5.67. The fourth-order valence-corrected chi connectivity index (χ4v) is 1.42. The molecule has 1 atom stereocenters. The smallest absolute Gasteiger partial charge is 0.145 e. The van der Waals surface area contributed by atoms with Gasteiger partial charge in [-0.2, -0.15) is 0 Å². The monoisotopic (exact) mass is 165 g/mol. The van der Waals surface area contributed by atoms with Gasteiger partial charge in [0, 0.05) is 24.9 Å². The Morgan fingerprint density at radius 1 is 1.42 bits per heavy atom. The van der Waals surface area contributed by atoms with Crippen molar-refractivity contribution in [3.05, 3.63) is 18.1 Å². The normalized spacial score (nSPS) is 22.8. The molecule has 0 bridgehead atoms. The molecule has 64 valence electrons. The highest BCUT2D eigenvalue weighted by atomic mass is 16.5. The average Bonchev–Trinajstić information content (AvgIpc) is 2.57. The van der Waals surface area contributed by atoms with E-state index in [1.54, 1.807) is 12.4 Å². The van der Waals surface area contributed by atoms with E-state index in [0.29, 0.717) is 11.7 Å². The lowest BCUT2D eigenvalue weighted by Crippen LogP contribution is -2.06. The van der Waals surface area contributed by atoms with E-state index < -0.39 is 0 Å². The molecule has 1 unspecified atom stereocenters. The number of hydrogen-bond donors (Lipinski definition) is 1. The Morgan fingerprint density at radius 2 is 2.25 bits per heavy atom. The lowest BCUT2D eigenvalue weighted by atomic mass is 10.1. The largest absolute Gasteiger partial charge is 0.382 e. The molecule has 0 radical (unpaired) electrons. The first-order valence-electron chi connectivity index (χ1n) is 4.02. The molecular weight excluding hydrogens is 154 g/mol. The van der Waals surface area contributed by atoms with Crippen LogP contribution in [0.25, 0.3) is 0 Å². The molecule has 0 saturated carbocycles. The van der Waals surface area contributed by atoms with E-state index in [-0.39, 0.29) is 0 Å². The average molecular weight is 165 g/mol. The minimum absolute atomic E-state index is 0.346. The van der Waals surface area contributed by atoms with Crippen LogP contribution in [0.2, 0.25) is 0 Å². The first kappa shape index (κ1) is 7.49. The van der Waals surface area contributed by atoms with Gasteiger partial charge in [-0.05, 0) is 6.42 Å². The van der Waals surface area contributed by atoms with Crippen LogP contribution < -0.4 is 5.73 Å². The lowest BCUT2D eigenvalue weighted by molar-refractivity contribution is 0.193. The predicted octanol–water partition coefficient (Wildman–Crippen LogP) is 0.563. The Labute approximate surface area is 70.8 Å². The van der Waals surface area contributed by atoms with Gasteiger partial charge in [-0.1, -0.05) is 0 Å². The van der Waals surface area contributed by atoms with Crippen LogP contribution in [0.1, 0.15) is 18.0 Å². The van der Waals surface area contributed by atoms with E-state index in [0.717, 1.165) is 25.3 Å². The summed E-state index contributed by atoms with van der Waals surface area (Å²) in [4.78, 5) is 8.18. The number of aromatic nitrogens is 2. The minimum Gasteiger partial charge on any atom is -0.382 e. The molecule has 2 N–H and O–H groups in total. The molecule has 12 heavy (non-hydrogen) atoms. The topological polar surface area (TPSA) is 61.0 Å². The van der Waals surface area contributed by atoms with Crippen molar-refractivity contribution in [2.45, 2.75) is 12.3 Å². The Bertz CT molecular complexity index is 271. The summed E-state index contributed by atoms with van der Waals surface area (Å²) in [5.41, 5.74) is 6.56. The third kappa shape index (κ3) is 1.25. The molecule has 2 heterocycles. The van der Waals surface area contributed by atoms with E-state index in [1.165, 1.54) is 0 Å². The van der Waals surface area contributed by atoms with Crippen molar-refractivity contribution in [1.82, 2.24) is 9.97 Å². The Morgan fingerprint density at radius 3 is 2.92 bits per heavy atom. The zero-order valence-electron chi connectivity index (χ0n) is 6.73. The van der Waals surface area contributed by atoms with Crippen molar-refractivity contribution >= 4 is 5.82 Å². The van der Waals surface area contributed by atoms with Gasteiger partial charge in [-0.3, -0.25) is 4.98 Å². The third-order valence-electron chi connectivity index (χ3n) is 2.07. The summed E-state index contributed by atoms with van der Waals surface area (Å²) < 4.78 is 5.24. The van der Waals surface area contributed by atoms with Crippen LogP contribution in [0.15, 0.2) is 12.4 Å².